The van der Waals surface area contributed by atoms with Crippen LogP contribution in [0.25, 0.3) is 0 Å². The minimum atomic E-state index is 0.252. The first-order chi connectivity index (χ1) is 12.7. The van der Waals surface area contributed by atoms with E-state index >= 15 is 0 Å². The van der Waals surface area contributed by atoms with Gasteiger partial charge in [0.1, 0.15) is 0 Å². The van der Waals surface area contributed by atoms with E-state index in [4.69, 9.17) is 21.7 Å². The van der Waals surface area contributed by atoms with Gasteiger partial charge >= 0.3 is 0 Å². The van der Waals surface area contributed by atoms with E-state index in [-0.39, 0.29) is 6.79 Å². The summed E-state index contributed by atoms with van der Waals surface area (Å²) in [6, 6.07) is 13.9. The Kier molecular flexibility index (Phi) is 4.45. The number of benzene rings is 2. The molecule has 6 nitrogen and oxygen atoms in total. The third kappa shape index (κ3) is 3.62. The van der Waals surface area contributed by atoms with Crippen LogP contribution in [0.4, 0.5) is 11.4 Å². The van der Waals surface area contributed by atoms with Crippen LogP contribution in [0.3, 0.4) is 0 Å². The van der Waals surface area contributed by atoms with E-state index in [1.807, 2.05) is 41.2 Å². The first-order valence-electron chi connectivity index (χ1n) is 8.22. The molecule has 2 aromatic carbocycles. The van der Waals surface area contributed by atoms with Crippen molar-refractivity contribution in [1.82, 2.24) is 9.78 Å². The molecular weight excluding hydrogens is 348 g/mol. The van der Waals surface area contributed by atoms with Crippen molar-refractivity contribution in [1.29, 1.82) is 0 Å². The Morgan fingerprint density at radius 1 is 1.12 bits per heavy atom. The fraction of sp³-hybridized carbons (Fsp3) is 0.158. The van der Waals surface area contributed by atoms with Gasteiger partial charge in [-0.15, -0.1) is 0 Å². The van der Waals surface area contributed by atoms with Gasteiger partial charge in [0.25, 0.3) is 0 Å². The second-order valence-electron chi connectivity index (χ2n) is 6.00. The number of aryl methyl sites for hydroxylation is 1. The van der Waals surface area contributed by atoms with Gasteiger partial charge in [-0.05, 0) is 42.4 Å². The summed E-state index contributed by atoms with van der Waals surface area (Å²) in [7, 11) is 0. The van der Waals surface area contributed by atoms with Gasteiger partial charge in [-0.25, -0.2) is 0 Å². The summed E-state index contributed by atoms with van der Waals surface area (Å²) < 4.78 is 12.6. The second kappa shape index (κ2) is 7.05. The number of rotatable bonds is 4. The van der Waals surface area contributed by atoms with Crippen LogP contribution in [0.5, 0.6) is 11.5 Å². The van der Waals surface area contributed by atoms with Gasteiger partial charge < -0.3 is 20.1 Å². The summed E-state index contributed by atoms with van der Waals surface area (Å²) in [5, 5.41) is 11.2. The fourth-order valence-electron chi connectivity index (χ4n) is 2.74. The summed E-state index contributed by atoms with van der Waals surface area (Å²) in [4.78, 5) is 0. The molecule has 0 aliphatic carbocycles. The summed E-state index contributed by atoms with van der Waals surface area (Å²) in [5.74, 6) is 1.45. The molecular formula is C19H18N4O2S. The Bertz CT molecular complexity index is 954. The van der Waals surface area contributed by atoms with Gasteiger partial charge in [0.05, 0.1) is 18.4 Å². The predicted molar refractivity (Wildman–Crippen MR) is 105 cm³/mol. The first-order valence-corrected chi connectivity index (χ1v) is 8.63. The highest BCUT2D eigenvalue weighted by atomic mass is 32.1. The maximum Gasteiger partial charge on any atom is 0.231 e. The standard InChI is InChI=1S/C19H18N4O2S/c1-13-4-2-3-5-14(13)10-23-11-16(9-20-23)22-19(26)21-15-6-7-17-18(8-15)25-12-24-17/h2-9,11H,10,12H2,1H3,(H2,21,22,26). The zero-order chi connectivity index (χ0) is 17.9. The van der Waals surface area contributed by atoms with Gasteiger partial charge in [0.2, 0.25) is 6.79 Å². The van der Waals surface area contributed by atoms with E-state index < -0.39 is 0 Å². The average Bonchev–Trinajstić information content (AvgIpc) is 3.25. The zero-order valence-corrected chi connectivity index (χ0v) is 15.0. The Balaban J connectivity index is 1.38. The Labute approximate surface area is 156 Å². The lowest BCUT2D eigenvalue weighted by atomic mass is 10.1. The highest BCUT2D eigenvalue weighted by molar-refractivity contribution is 7.80. The van der Waals surface area contributed by atoms with Crippen LogP contribution >= 0.6 is 12.2 Å². The smallest absolute Gasteiger partial charge is 0.231 e. The minimum Gasteiger partial charge on any atom is -0.454 e. The van der Waals surface area contributed by atoms with Crippen LogP contribution in [-0.2, 0) is 6.54 Å². The Morgan fingerprint density at radius 2 is 1.92 bits per heavy atom. The van der Waals surface area contributed by atoms with Crippen LogP contribution in [0.15, 0.2) is 54.9 Å². The molecule has 0 unspecified atom stereocenters. The summed E-state index contributed by atoms with van der Waals surface area (Å²) in [5.41, 5.74) is 4.15. The van der Waals surface area contributed by atoms with Crippen molar-refractivity contribution in [3.05, 3.63) is 66.0 Å². The number of fused-ring (bicyclic) bond motifs is 1. The number of thiocarbonyl (C=S) groups is 1. The van der Waals surface area contributed by atoms with Crippen molar-refractivity contribution in [2.75, 3.05) is 17.4 Å². The van der Waals surface area contributed by atoms with E-state index in [0.717, 1.165) is 23.7 Å². The molecule has 0 fully saturated rings. The van der Waals surface area contributed by atoms with E-state index in [2.05, 4.69) is 34.8 Å². The lowest BCUT2D eigenvalue weighted by molar-refractivity contribution is 0.174. The fourth-order valence-corrected chi connectivity index (χ4v) is 2.98. The molecule has 2 N–H and O–H groups in total. The van der Waals surface area contributed by atoms with E-state index in [0.29, 0.717) is 10.9 Å². The van der Waals surface area contributed by atoms with E-state index in [9.17, 15) is 0 Å². The molecule has 0 spiro atoms. The predicted octanol–water partition coefficient (Wildman–Crippen LogP) is 3.78. The molecule has 0 amide bonds. The molecule has 2 heterocycles. The van der Waals surface area contributed by atoms with Crippen molar-refractivity contribution >= 4 is 28.7 Å². The van der Waals surface area contributed by atoms with Crippen molar-refractivity contribution in [3.8, 4) is 11.5 Å². The van der Waals surface area contributed by atoms with Gasteiger partial charge in [-0.1, -0.05) is 24.3 Å². The number of aromatic nitrogens is 2. The molecule has 0 saturated carbocycles. The maximum atomic E-state index is 5.37. The minimum absolute atomic E-state index is 0.252. The normalized spacial score (nSPS) is 12.0. The average molecular weight is 366 g/mol. The van der Waals surface area contributed by atoms with Gasteiger partial charge in [-0.2, -0.15) is 5.10 Å². The van der Waals surface area contributed by atoms with E-state index in [1.54, 1.807) is 6.20 Å². The molecule has 3 aromatic rings. The Hall–Kier alpha value is -3.06. The van der Waals surface area contributed by atoms with Crippen LogP contribution in [0, 0.1) is 6.92 Å². The van der Waals surface area contributed by atoms with Crippen LogP contribution < -0.4 is 20.1 Å². The van der Waals surface area contributed by atoms with Crippen LogP contribution in [0.1, 0.15) is 11.1 Å². The molecule has 1 aliphatic heterocycles. The molecule has 132 valence electrons. The molecule has 4 rings (SSSR count). The lowest BCUT2D eigenvalue weighted by Gasteiger charge is -2.09. The monoisotopic (exact) mass is 366 g/mol. The first kappa shape index (κ1) is 16.4. The molecule has 1 aliphatic rings. The van der Waals surface area contributed by atoms with Crippen molar-refractivity contribution in [3.63, 3.8) is 0 Å². The lowest BCUT2D eigenvalue weighted by Crippen LogP contribution is -2.18. The number of anilines is 2. The molecule has 7 heteroatoms. The quantitative estimate of drug-likeness (QED) is 0.686. The zero-order valence-electron chi connectivity index (χ0n) is 14.2. The van der Waals surface area contributed by atoms with Crippen LogP contribution in [0.2, 0.25) is 0 Å². The number of ether oxygens (including phenoxy) is 2. The van der Waals surface area contributed by atoms with Crippen molar-refractivity contribution in [2.24, 2.45) is 0 Å². The van der Waals surface area contributed by atoms with Gasteiger partial charge in [-0.3, -0.25) is 4.68 Å². The molecule has 0 radical (unpaired) electrons. The van der Waals surface area contributed by atoms with Crippen LogP contribution in [-0.4, -0.2) is 21.7 Å². The largest absolute Gasteiger partial charge is 0.454 e. The molecule has 26 heavy (non-hydrogen) atoms. The highest BCUT2D eigenvalue weighted by Gasteiger charge is 2.13. The molecule has 0 atom stereocenters. The van der Waals surface area contributed by atoms with Crippen molar-refractivity contribution in [2.45, 2.75) is 13.5 Å². The number of hydrogen-bond acceptors (Lipinski definition) is 4. The number of nitrogens with one attached hydrogen (secondary N) is 2. The Morgan fingerprint density at radius 3 is 2.81 bits per heavy atom. The van der Waals surface area contributed by atoms with Gasteiger partial charge in [0, 0.05) is 18.0 Å². The summed E-state index contributed by atoms with van der Waals surface area (Å²) in [6.07, 6.45) is 3.69. The molecule has 0 saturated heterocycles. The van der Waals surface area contributed by atoms with E-state index in [1.165, 1.54) is 11.1 Å². The highest BCUT2D eigenvalue weighted by Crippen LogP contribution is 2.34. The topological polar surface area (TPSA) is 60.3 Å². The third-order valence-electron chi connectivity index (χ3n) is 4.12. The summed E-state index contributed by atoms with van der Waals surface area (Å²) in [6.45, 7) is 3.07. The number of hydrogen-bond donors (Lipinski definition) is 2. The SMILES string of the molecule is Cc1ccccc1Cn1cc(NC(=S)Nc2ccc3c(c2)OCO3)cn1. The molecule has 0 bridgehead atoms. The summed E-state index contributed by atoms with van der Waals surface area (Å²) >= 11 is 5.37. The number of nitrogens with zero attached hydrogens (tertiary/aromatic N) is 2. The second-order valence-corrected chi connectivity index (χ2v) is 6.41. The third-order valence-corrected chi connectivity index (χ3v) is 4.32. The van der Waals surface area contributed by atoms with Crippen molar-refractivity contribution < 1.29 is 9.47 Å². The van der Waals surface area contributed by atoms with Gasteiger partial charge in [0.15, 0.2) is 16.6 Å². The molecule has 1 aromatic heterocycles. The maximum absolute atomic E-state index is 5.37.